The molecule has 2 N–H and O–H groups in total. The van der Waals surface area contributed by atoms with Gasteiger partial charge in [0.1, 0.15) is 13.5 Å². The van der Waals surface area contributed by atoms with Crippen LogP contribution in [-0.4, -0.2) is 12.8 Å². The smallest absolute Gasteiger partial charge is 0.292 e. The van der Waals surface area contributed by atoms with Crippen LogP contribution >= 0.6 is 11.6 Å². The molecule has 0 saturated carbocycles. The van der Waals surface area contributed by atoms with Crippen molar-refractivity contribution in [2.45, 2.75) is 0 Å². The van der Waals surface area contributed by atoms with Crippen molar-refractivity contribution in [3.63, 3.8) is 0 Å². The van der Waals surface area contributed by atoms with Gasteiger partial charge in [0.15, 0.2) is 0 Å². The summed E-state index contributed by atoms with van der Waals surface area (Å²) in [6.07, 6.45) is 0. The van der Waals surface area contributed by atoms with Crippen molar-refractivity contribution >= 4 is 36.3 Å². The van der Waals surface area contributed by atoms with E-state index in [2.05, 4.69) is 0 Å². The van der Waals surface area contributed by atoms with Gasteiger partial charge >= 0.3 is 0 Å². The van der Waals surface area contributed by atoms with E-state index in [9.17, 15) is 10.1 Å². The monoisotopic (exact) mass is 182 g/mol. The Labute approximate surface area is 74.9 Å². The molecule has 0 aliphatic rings. The van der Waals surface area contributed by atoms with Crippen LogP contribution in [0.1, 0.15) is 0 Å². The molecule has 1 rings (SSSR count). The first-order valence-electron chi connectivity index (χ1n) is 3.01. The Hall–Kier alpha value is -1.23. The molecule has 0 spiro atoms. The molecule has 1 aromatic carbocycles. The minimum absolute atomic E-state index is 0.0515. The first-order valence-corrected chi connectivity index (χ1v) is 3.39. The summed E-state index contributed by atoms with van der Waals surface area (Å²) in [5, 5.41) is 10.5. The third-order valence-electron chi connectivity index (χ3n) is 1.35. The van der Waals surface area contributed by atoms with Crippen molar-refractivity contribution < 1.29 is 4.92 Å². The molecule has 0 heterocycles. The molecule has 4 nitrogen and oxygen atoms in total. The van der Waals surface area contributed by atoms with Gasteiger partial charge in [-0.3, -0.25) is 10.1 Å². The van der Waals surface area contributed by atoms with Crippen molar-refractivity contribution in [3.8, 4) is 0 Å². The fourth-order valence-corrected chi connectivity index (χ4v) is 0.996. The van der Waals surface area contributed by atoms with E-state index in [0.717, 1.165) is 6.07 Å². The maximum atomic E-state index is 10.3. The summed E-state index contributed by atoms with van der Waals surface area (Å²) in [6.45, 7) is 0. The summed E-state index contributed by atoms with van der Waals surface area (Å²) < 4.78 is 0. The summed E-state index contributed by atoms with van der Waals surface area (Å²) in [7, 11) is 5.35. The lowest BCUT2D eigenvalue weighted by Crippen LogP contribution is -2.11. The van der Waals surface area contributed by atoms with Crippen LogP contribution in [0.4, 0.5) is 11.4 Å². The lowest BCUT2D eigenvalue weighted by molar-refractivity contribution is -0.383. The molecule has 0 aliphatic carbocycles. The molecule has 0 saturated heterocycles. The minimum atomic E-state index is -0.627. The van der Waals surface area contributed by atoms with E-state index < -0.39 is 4.92 Å². The molecule has 0 fully saturated rings. The van der Waals surface area contributed by atoms with E-state index in [0.29, 0.717) is 0 Å². The first kappa shape index (κ1) is 8.87. The van der Waals surface area contributed by atoms with Crippen LogP contribution in [0, 0.1) is 10.1 Å². The van der Waals surface area contributed by atoms with Gasteiger partial charge in [0.25, 0.3) is 5.69 Å². The van der Waals surface area contributed by atoms with Crippen molar-refractivity contribution in [2.75, 3.05) is 5.73 Å². The highest BCUT2D eigenvalue weighted by atomic mass is 35.5. The van der Waals surface area contributed by atoms with Gasteiger partial charge in [-0.05, 0) is 6.07 Å². The number of hydrogen-bond donors (Lipinski definition) is 1. The number of nitrogens with zero attached hydrogens (tertiary/aromatic N) is 1. The number of nitrogens with two attached hydrogens (primary N) is 1. The van der Waals surface area contributed by atoms with E-state index in [1.807, 2.05) is 0 Å². The van der Waals surface area contributed by atoms with Crippen molar-refractivity contribution in [3.05, 3.63) is 27.3 Å². The fourth-order valence-electron chi connectivity index (χ4n) is 0.775. The highest BCUT2D eigenvalue weighted by Crippen LogP contribution is 2.22. The first-order chi connectivity index (χ1) is 5.52. The van der Waals surface area contributed by atoms with Crippen LogP contribution in [0.25, 0.3) is 0 Å². The normalized spacial score (nSPS) is 9.75. The third-order valence-corrected chi connectivity index (χ3v) is 1.57. The van der Waals surface area contributed by atoms with Gasteiger partial charge in [0, 0.05) is 11.1 Å². The minimum Gasteiger partial charge on any atom is -0.394 e. The Bertz CT molecular complexity index is 343. The SMILES string of the molecule is [B]c1cc(Cl)cc([N+](=O)[O-])c1N. The van der Waals surface area contributed by atoms with Gasteiger partial charge in [0.05, 0.1) is 4.92 Å². The topological polar surface area (TPSA) is 69.2 Å². The zero-order valence-corrected chi connectivity index (χ0v) is 6.71. The number of benzene rings is 1. The molecular weight excluding hydrogens is 178 g/mol. The fraction of sp³-hybridized carbons (Fsp3) is 0. The largest absolute Gasteiger partial charge is 0.394 e. The van der Waals surface area contributed by atoms with Gasteiger partial charge in [-0.2, -0.15) is 0 Å². The Kier molecular flexibility index (Phi) is 2.24. The number of nitrogen functional groups attached to an aromatic ring is 1. The quantitative estimate of drug-likeness (QED) is 0.300. The average molecular weight is 182 g/mol. The van der Waals surface area contributed by atoms with Crippen molar-refractivity contribution in [1.82, 2.24) is 0 Å². The lowest BCUT2D eigenvalue weighted by Gasteiger charge is -2.01. The maximum Gasteiger partial charge on any atom is 0.292 e. The Morgan fingerprint density at radius 1 is 1.58 bits per heavy atom. The number of nitro groups is 1. The molecule has 60 valence electrons. The zero-order valence-electron chi connectivity index (χ0n) is 5.95. The molecule has 1 aromatic rings. The summed E-state index contributed by atoms with van der Waals surface area (Å²) in [5.41, 5.74) is 5.13. The second kappa shape index (κ2) is 3.02. The lowest BCUT2D eigenvalue weighted by atomic mass is 9.93. The summed E-state index contributed by atoms with van der Waals surface area (Å²) in [6, 6.07) is 2.52. The molecular formula is C6H4BClN2O2. The van der Waals surface area contributed by atoms with Gasteiger partial charge in [-0.1, -0.05) is 17.1 Å². The van der Waals surface area contributed by atoms with Crippen LogP contribution in [0.2, 0.25) is 5.02 Å². The molecule has 12 heavy (non-hydrogen) atoms. The second-order valence-electron chi connectivity index (χ2n) is 2.18. The summed E-state index contributed by atoms with van der Waals surface area (Å²) in [5.74, 6) is 0. The highest BCUT2D eigenvalue weighted by molar-refractivity contribution is 6.39. The number of halogens is 1. The van der Waals surface area contributed by atoms with Crippen molar-refractivity contribution in [2.24, 2.45) is 0 Å². The molecule has 0 amide bonds. The number of anilines is 1. The van der Waals surface area contributed by atoms with E-state index in [1.54, 1.807) is 0 Å². The molecule has 0 aliphatic heterocycles. The molecule has 2 radical (unpaired) electrons. The van der Waals surface area contributed by atoms with Crippen LogP contribution in [0.5, 0.6) is 0 Å². The van der Waals surface area contributed by atoms with Crippen molar-refractivity contribution in [1.29, 1.82) is 0 Å². The molecule has 6 heteroatoms. The molecule has 0 atom stereocenters. The Morgan fingerprint density at radius 3 is 2.67 bits per heavy atom. The number of nitro benzene ring substituents is 1. The van der Waals surface area contributed by atoms with Crippen LogP contribution in [0.3, 0.4) is 0 Å². The highest BCUT2D eigenvalue weighted by Gasteiger charge is 2.13. The maximum absolute atomic E-state index is 10.3. The second-order valence-corrected chi connectivity index (χ2v) is 2.62. The third kappa shape index (κ3) is 1.50. The van der Waals surface area contributed by atoms with Crippen LogP contribution in [0.15, 0.2) is 12.1 Å². The van der Waals surface area contributed by atoms with E-state index in [1.165, 1.54) is 6.07 Å². The summed E-state index contributed by atoms with van der Waals surface area (Å²) in [4.78, 5) is 9.71. The van der Waals surface area contributed by atoms with E-state index >= 15 is 0 Å². The molecule has 0 bridgehead atoms. The predicted octanol–water partition coefficient (Wildman–Crippen LogP) is 0.624. The number of rotatable bonds is 1. The molecule has 0 aromatic heterocycles. The van der Waals surface area contributed by atoms with Gasteiger partial charge in [0.2, 0.25) is 0 Å². The van der Waals surface area contributed by atoms with E-state index in [-0.39, 0.29) is 21.9 Å². The average Bonchev–Trinajstić information content (AvgIpc) is 1.96. The standard InChI is InChI=1S/C6H4BClN2O2/c7-4-1-3(8)2-5(6(4)9)10(11)12/h1-2H,9H2. The van der Waals surface area contributed by atoms with Crippen LogP contribution < -0.4 is 11.2 Å². The van der Waals surface area contributed by atoms with Crippen LogP contribution in [-0.2, 0) is 0 Å². The Balaban J connectivity index is 3.37. The van der Waals surface area contributed by atoms with Gasteiger partial charge in [-0.15, -0.1) is 0 Å². The number of hydrogen-bond acceptors (Lipinski definition) is 3. The Morgan fingerprint density at radius 2 is 2.17 bits per heavy atom. The van der Waals surface area contributed by atoms with Gasteiger partial charge in [-0.25, -0.2) is 0 Å². The predicted molar refractivity (Wildman–Crippen MR) is 47.9 cm³/mol. The van der Waals surface area contributed by atoms with Gasteiger partial charge < -0.3 is 5.73 Å². The zero-order chi connectivity index (χ0) is 9.30. The van der Waals surface area contributed by atoms with E-state index in [4.69, 9.17) is 25.2 Å². The summed E-state index contributed by atoms with van der Waals surface area (Å²) >= 11 is 5.53. The molecule has 0 unspecified atom stereocenters.